The van der Waals surface area contributed by atoms with Crippen LogP contribution in [0, 0.1) is 0 Å². The summed E-state index contributed by atoms with van der Waals surface area (Å²) in [6.07, 6.45) is 5.43. The summed E-state index contributed by atoms with van der Waals surface area (Å²) in [6.45, 7) is 1.02. The van der Waals surface area contributed by atoms with Crippen molar-refractivity contribution in [3.8, 4) is 0 Å². The summed E-state index contributed by atoms with van der Waals surface area (Å²) in [5, 5.41) is 2.67. The number of nitrogens with one attached hydrogen (secondary N) is 1. The second-order valence-corrected chi connectivity index (χ2v) is 5.83. The first kappa shape index (κ1) is 11.2. The molecule has 4 heterocycles. The second-order valence-electron chi connectivity index (χ2n) is 4.96. The van der Waals surface area contributed by atoms with Crippen LogP contribution in [0.4, 0.5) is 5.13 Å². The van der Waals surface area contributed by atoms with Crippen LogP contribution < -0.4 is 9.80 Å². The number of thiazole rings is 1. The Morgan fingerprint density at radius 2 is 2.47 bits per heavy atom. The summed E-state index contributed by atoms with van der Waals surface area (Å²) in [4.78, 5) is 20.0. The normalized spacial score (nSPS) is 30.0. The number of anilines is 1. The molecular formula is C13H14N3O2S+. The van der Waals surface area contributed by atoms with Gasteiger partial charge >= 0.3 is 0 Å². The Balaban J connectivity index is 1.81. The molecule has 3 atom stereocenters. The molecule has 2 fully saturated rings. The Hall–Kier alpha value is -1.66. The quantitative estimate of drug-likeness (QED) is 0.884. The number of carbonyl (C=O) groups excluding carboxylic acids is 1. The third-order valence-corrected chi connectivity index (χ3v) is 4.76. The SMILES string of the molecule is O=C1C2CCC[NH+]2C(c2ccco2)N1c1nccs1. The van der Waals surface area contributed by atoms with Gasteiger partial charge in [-0.2, -0.15) is 0 Å². The van der Waals surface area contributed by atoms with Crippen molar-refractivity contribution in [2.45, 2.75) is 25.0 Å². The molecule has 98 valence electrons. The van der Waals surface area contributed by atoms with Crippen LogP contribution in [0.15, 0.2) is 34.4 Å². The van der Waals surface area contributed by atoms with Crippen LogP contribution in [-0.2, 0) is 4.79 Å². The summed E-state index contributed by atoms with van der Waals surface area (Å²) in [5.74, 6) is 1.03. The summed E-state index contributed by atoms with van der Waals surface area (Å²) < 4.78 is 5.56. The van der Waals surface area contributed by atoms with Crippen LogP contribution in [0.3, 0.4) is 0 Å². The fourth-order valence-electron chi connectivity index (χ4n) is 3.24. The van der Waals surface area contributed by atoms with Crippen LogP contribution >= 0.6 is 11.3 Å². The zero-order valence-electron chi connectivity index (χ0n) is 10.3. The van der Waals surface area contributed by atoms with Crippen LogP contribution in [0.2, 0.25) is 0 Å². The van der Waals surface area contributed by atoms with E-state index in [2.05, 4.69) is 4.98 Å². The van der Waals surface area contributed by atoms with E-state index in [0.29, 0.717) is 0 Å². The maximum Gasteiger partial charge on any atom is 0.292 e. The molecule has 5 nitrogen and oxygen atoms in total. The molecule has 0 saturated carbocycles. The van der Waals surface area contributed by atoms with E-state index in [0.717, 1.165) is 30.3 Å². The Morgan fingerprint density at radius 1 is 1.53 bits per heavy atom. The maximum atomic E-state index is 12.6. The van der Waals surface area contributed by atoms with Gasteiger partial charge in [0.2, 0.25) is 6.17 Å². The number of furan rings is 1. The van der Waals surface area contributed by atoms with Crippen molar-refractivity contribution in [1.82, 2.24) is 4.98 Å². The molecule has 1 amide bonds. The average molecular weight is 276 g/mol. The van der Waals surface area contributed by atoms with E-state index in [1.807, 2.05) is 22.4 Å². The summed E-state index contributed by atoms with van der Waals surface area (Å²) in [6, 6.07) is 3.90. The van der Waals surface area contributed by atoms with Crippen molar-refractivity contribution in [2.75, 3.05) is 11.4 Å². The van der Waals surface area contributed by atoms with Gasteiger partial charge < -0.3 is 4.42 Å². The zero-order valence-corrected chi connectivity index (χ0v) is 11.1. The number of fused-ring (bicyclic) bond motifs is 1. The number of amides is 1. The minimum atomic E-state index is -0.0545. The van der Waals surface area contributed by atoms with Crippen LogP contribution in [0.25, 0.3) is 0 Å². The molecule has 2 aliphatic heterocycles. The number of hydrogen-bond acceptors (Lipinski definition) is 4. The predicted molar refractivity (Wildman–Crippen MR) is 69.9 cm³/mol. The Bertz CT molecular complexity index is 581. The number of carbonyl (C=O) groups is 1. The van der Waals surface area contributed by atoms with E-state index in [4.69, 9.17) is 4.42 Å². The van der Waals surface area contributed by atoms with Crippen LogP contribution in [0.1, 0.15) is 24.8 Å². The lowest BCUT2D eigenvalue weighted by Gasteiger charge is -2.22. The van der Waals surface area contributed by atoms with Gasteiger partial charge in [-0.25, -0.2) is 9.88 Å². The predicted octanol–water partition coefficient (Wildman–Crippen LogP) is 0.829. The van der Waals surface area contributed by atoms with Gasteiger partial charge in [-0.3, -0.25) is 9.69 Å². The maximum absolute atomic E-state index is 12.6. The van der Waals surface area contributed by atoms with Gasteiger partial charge in [-0.1, -0.05) is 0 Å². The molecule has 0 spiro atoms. The van der Waals surface area contributed by atoms with Crippen molar-refractivity contribution in [3.63, 3.8) is 0 Å². The average Bonchev–Trinajstić information content (AvgIpc) is 3.15. The molecule has 6 heteroatoms. The standard InChI is InChI=1S/C13H13N3O2S/c17-12-9-3-1-6-15(9)11(10-4-2-7-18-10)16(12)13-14-5-8-19-13/h2,4-5,7-9,11H,1,3,6H2/p+1. The Morgan fingerprint density at radius 3 is 3.21 bits per heavy atom. The van der Waals surface area contributed by atoms with Crippen molar-refractivity contribution in [2.24, 2.45) is 0 Å². The van der Waals surface area contributed by atoms with Crippen molar-refractivity contribution >= 4 is 22.4 Å². The zero-order chi connectivity index (χ0) is 12.8. The lowest BCUT2D eigenvalue weighted by atomic mass is 10.2. The molecule has 2 aromatic rings. The highest BCUT2D eigenvalue weighted by molar-refractivity contribution is 7.13. The van der Waals surface area contributed by atoms with Crippen molar-refractivity contribution in [3.05, 3.63) is 35.7 Å². The largest absolute Gasteiger partial charge is 0.461 e. The molecule has 0 aromatic carbocycles. The molecule has 2 aromatic heterocycles. The molecule has 0 bridgehead atoms. The van der Waals surface area contributed by atoms with E-state index in [1.165, 1.54) is 16.2 Å². The van der Waals surface area contributed by atoms with E-state index in [-0.39, 0.29) is 18.1 Å². The Labute approximate surface area is 114 Å². The first-order chi connectivity index (χ1) is 9.36. The van der Waals surface area contributed by atoms with Gasteiger partial charge in [-0.05, 0) is 12.1 Å². The van der Waals surface area contributed by atoms with Gasteiger partial charge in [0.05, 0.1) is 12.8 Å². The lowest BCUT2D eigenvalue weighted by Crippen LogP contribution is -3.12. The number of quaternary nitrogens is 1. The lowest BCUT2D eigenvalue weighted by molar-refractivity contribution is -0.925. The fourth-order valence-corrected chi connectivity index (χ4v) is 3.91. The van der Waals surface area contributed by atoms with Gasteiger partial charge in [0.1, 0.15) is 0 Å². The Kier molecular flexibility index (Phi) is 2.46. The van der Waals surface area contributed by atoms with Gasteiger partial charge in [-0.15, -0.1) is 11.3 Å². The first-order valence-corrected chi connectivity index (χ1v) is 7.36. The third-order valence-electron chi connectivity index (χ3n) is 3.99. The summed E-state index contributed by atoms with van der Waals surface area (Å²) in [5.41, 5.74) is 0. The van der Waals surface area contributed by atoms with Crippen molar-refractivity contribution < 1.29 is 14.1 Å². The van der Waals surface area contributed by atoms with Gasteiger partial charge in [0.15, 0.2) is 16.9 Å². The number of hydrogen-bond donors (Lipinski definition) is 1. The molecular weight excluding hydrogens is 262 g/mol. The summed E-state index contributed by atoms with van der Waals surface area (Å²) in [7, 11) is 0. The van der Waals surface area contributed by atoms with Crippen LogP contribution in [-0.4, -0.2) is 23.5 Å². The van der Waals surface area contributed by atoms with E-state index in [9.17, 15) is 4.79 Å². The molecule has 2 aliphatic rings. The molecule has 0 radical (unpaired) electrons. The van der Waals surface area contributed by atoms with E-state index >= 15 is 0 Å². The topological polar surface area (TPSA) is 50.8 Å². The number of rotatable bonds is 2. The first-order valence-electron chi connectivity index (χ1n) is 6.48. The summed E-state index contributed by atoms with van der Waals surface area (Å²) >= 11 is 1.50. The highest BCUT2D eigenvalue weighted by Crippen LogP contribution is 2.31. The fraction of sp³-hybridized carbons (Fsp3) is 0.385. The minimum Gasteiger partial charge on any atom is -0.461 e. The van der Waals surface area contributed by atoms with Gasteiger partial charge in [0, 0.05) is 24.4 Å². The molecule has 2 saturated heterocycles. The highest BCUT2D eigenvalue weighted by atomic mass is 32.1. The molecule has 0 aliphatic carbocycles. The number of nitrogens with zero attached hydrogens (tertiary/aromatic N) is 2. The number of aromatic nitrogens is 1. The smallest absolute Gasteiger partial charge is 0.292 e. The highest BCUT2D eigenvalue weighted by Gasteiger charge is 2.55. The minimum absolute atomic E-state index is 0.0545. The van der Waals surface area contributed by atoms with E-state index < -0.39 is 0 Å². The molecule has 19 heavy (non-hydrogen) atoms. The van der Waals surface area contributed by atoms with Crippen molar-refractivity contribution in [1.29, 1.82) is 0 Å². The monoisotopic (exact) mass is 276 g/mol. The van der Waals surface area contributed by atoms with Crippen LogP contribution in [0.5, 0.6) is 0 Å². The third kappa shape index (κ3) is 1.56. The van der Waals surface area contributed by atoms with Gasteiger partial charge in [0.25, 0.3) is 5.91 Å². The molecule has 4 rings (SSSR count). The molecule has 3 unspecified atom stereocenters. The second kappa shape index (κ2) is 4.18. The molecule has 1 N–H and O–H groups in total. The van der Waals surface area contributed by atoms with E-state index in [1.54, 1.807) is 12.5 Å².